The molecule has 1 N–H and O–H groups in total. The molecule has 2 aromatic rings. The Morgan fingerprint density at radius 3 is 2.74 bits per heavy atom. The highest BCUT2D eigenvalue weighted by atomic mass is 16.6. The van der Waals surface area contributed by atoms with Crippen molar-refractivity contribution in [1.29, 1.82) is 0 Å². The minimum Gasteiger partial charge on any atom is -0.468 e. The molecular weight excluding hydrogens is 244 g/mol. The Hall–Kier alpha value is -2.14. The Kier molecular flexibility index (Phi) is 4.30. The number of nitrogens with one attached hydrogen (secondary N) is 1. The molecule has 1 aromatic heterocycles. The average molecular weight is 260 g/mol. The standard InChI is InChI=1S/C14H16N2O3/c1-2-12(14-8-5-9-19-14)15-10-11-6-3-4-7-13(11)16(17)18/h3-9,12,15H,2,10H2,1H3. The fourth-order valence-electron chi connectivity index (χ4n) is 2.01. The second kappa shape index (κ2) is 6.15. The molecule has 1 unspecified atom stereocenters. The summed E-state index contributed by atoms with van der Waals surface area (Å²) in [6.45, 7) is 2.48. The lowest BCUT2D eigenvalue weighted by molar-refractivity contribution is -0.385. The lowest BCUT2D eigenvalue weighted by atomic mass is 10.1. The summed E-state index contributed by atoms with van der Waals surface area (Å²) in [5.74, 6) is 0.848. The van der Waals surface area contributed by atoms with E-state index >= 15 is 0 Å². The molecular formula is C14H16N2O3. The number of nitrogens with zero attached hydrogens (tertiary/aromatic N) is 1. The predicted molar refractivity (Wildman–Crippen MR) is 71.7 cm³/mol. The number of hydrogen-bond acceptors (Lipinski definition) is 4. The van der Waals surface area contributed by atoms with Crippen molar-refractivity contribution in [2.24, 2.45) is 0 Å². The second-order valence-electron chi connectivity index (χ2n) is 4.24. The van der Waals surface area contributed by atoms with E-state index in [4.69, 9.17) is 4.42 Å². The van der Waals surface area contributed by atoms with Gasteiger partial charge >= 0.3 is 0 Å². The van der Waals surface area contributed by atoms with Crippen LogP contribution in [0.25, 0.3) is 0 Å². The molecule has 19 heavy (non-hydrogen) atoms. The van der Waals surface area contributed by atoms with Gasteiger partial charge in [-0.2, -0.15) is 0 Å². The van der Waals surface area contributed by atoms with Gasteiger partial charge in [0.05, 0.1) is 17.2 Å². The summed E-state index contributed by atoms with van der Waals surface area (Å²) in [5, 5.41) is 14.2. The number of para-hydroxylation sites is 1. The van der Waals surface area contributed by atoms with Crippen LogP contribution in [-0.4, -0.2) is 4.92 Å². The van der Waals surface area contributed by atoms with Crippen molar-refractivity contribution in [3.63, 3.8) is 0 Å². The normalized spacial score (nSPS) is 12.3. The summed E-state index contributed by atoms with van der Waals surface area (Å²) in [6, 6.07) is 10.6. The van der Waals surface area contributed by atoms with E-state index in [9.17, 15) is 10.1 Å². The third-order valence-corrected chi connectivity index (χ3v) is 3.02. The zero-order valence-electron chi connectivity index (χ0n) is 10.7. The van der Waals surface area contributed by atoms with Crippen LogP contribution >= 0.6 is 0 Å². The molecule has 0 aliphatic heterocycles. The maximum Gasteiger partial charge on any atom is 0.273 e. The Balaban J connectivity index is 2.08. The minimum absolute atomic E-state index is 0.0646. The Morgan fingerprint density at radius 1 is 1.32 bits per heavy atom. The molecule has 2 rings (SSSR count). The first-order valence-corrected chi connectivity index (χ1v) is 6.21. The van der Waals surface area contributed by atoms with Crippen molar-refractivity contribution < 1.29 is 9.34 Å². The van der Waals surface area contributed by atoms with Gasteiger partial charge in [0.1, 0.15) is 5.76 Å². The van der Waals surface area contributed by atoms with Crippen LogP contribution in [0.3, 0.4) is 0 Å². The average Bonchev–Trinajstić information content (AvgIpc) is 2.94. The van der Waals surface area contributed by atoms with E-state index in [0.29, 0.717) is 12.1 Å². The first-order valence-electron chi connectivity index (χ1n) is 6.21. The molecule has 0 bridgehead atoms. The van der Waals surface area contributed by atoms with Gasteiger partial charge in [-0.15, -0.1) is 0 Å². The van der Waals surface area contributed by atoms with E-state index in [-0.39, 0.29) is 16.7 Å². The molecule has 0 amide bonds. The van der Waals surface area contributed by atoms with Crippen molar-refractivity contribution in [1.82, 2.24) is 5.32 Å². The van der Waals surface area contributed by atoms with Crippen LogP contribution in [-0.2, 0) is 6.54 Å². The summed E-state index contributed by atoms with van der Waals surface area (Å²) >= 11 is 0. The topological polar surface area (TPSA) is 68.3 Å². The zero-order chi connectivity index (χ0) is 13.7. The SMILES string of the molecule is CCC(NCc1ccccc1[N+](=O)[O-])c1ccco1. The molecule has 5 heteroatoms. The van der Waals surface area contributed by atoms with Crippen molar-refractivity contribution >= 4 is 5.69 Å². The number of furan rings is 1. The summed E-state index contributed by atoms with van der Waals surface area (Å²) in [4.78, 5) is 10.6. The number of nitro benzene ring substituents is 1. The molecule has 0 radical (unpaired) electrons. The molecule has 1 atom stereocenters. The molecule has 0 saturated heterocycles. The summed E-state index contributed by atoms with van der Waals surface area (Å²) in [7, 11) is 0. The van der Waals surface area contributed by atoms with Crippen LogP contribution in [0.1, 0.15) is 30.7 Å². The molecule has 0 saturated carbocycles. The van der Waals surface area contributed by atoms with Gasteiger partial charge in [0.15, 0.2) is 0 Å². The molecule has 1 heterocycles. The molecule has 0 aliphatic carbocycles. The lowest BCUT2D eigenvalue weighted by Gasteiger charge is -2.14. The highest BCUT2D eigenvalue weighted by Crippen LogP contribution is 2.21. The molecule has 100 valence electrons. The van der Waals surface area contributed by atoms with Crippen LogP contribution < -0.4 is 5.32 Å². The summed E-state index contributed by atoms with van der Waals surface area (Å²) in [6.07, 6.45) is 2.48. The molecule has 0 spiro atoms. The van der Waals surface area contributed by atoms with E-state index in [1.807, 2.05) is 19.1 Å². The van der Waals surface area contributed by atoms with Crippen LogP contribution in [0, 0.1) is 10.1 Å². The van der Waals surface area contributed by atoms with Crippen molar-refractivity contribution in [3.05, 3.63) is 64.1 Å². The summed E-state index contributed by atoms with van der Waals surface area (Å²) in [5.41, 5.74) is 0.821. The first kappa shape index (κ1) is 13.3. The van der Waals surface area contributed by atoms with Gasteiger partial charge in [0.2, 0.25) is 0 Å². The highest BCUT2D eigenvalue weighted by Gasteiger charge is 2.15. The third kappa shape index (κ3) is 3.20. The molecule has 1 aromatic carbocycles. The maximum atomic E-state index is 10.9. The van der Waals surface area contributed by atoms with E-state index in [1.54, 1.807) is 24.5 Å². The van der Waals surface area contributed by atoms with Crippen LogP contribution in [0.15, 0.2) is 47.1 Å². The largest absolute Gasteiger partial charge is 0.468 e. The van der Waals surface area contributed by atoms with Gasteiger partial charge in [-0.25, -0.2) is 0 Å². The van der Waals surface area contributed by atoms with Gasteiger partial charge in [-0.3, -0.25) is 10.1 Å². The second-order valence-corrected chi connectivity index (χ2v) is 4.24. The fraction of sp³-hybridized carbons (Fsp3) is 0.286. The lowest BCUT2D eigenvalue weighted by Crippen LogP contribution is -2.20. The Morgan fingerprint density at radius 2 is 2.11 bits per heavy atom. The van der Waals surface area contributed by atoms with Crippen LogP contribution in [0.5, 0.6) is 0 Å². The van der Waals surface area contributed by atoms with E-state index in [2.05, 4.69) is 5.32 Å². The first-order chi connectivity index (χ1) is 9.22. The van der Waals surface area contributed by atoms with E-state index < -0.39 is 0 Å². The number of benzene rings is 1. The monoisotopic (exact) mass is 260 g/mol. The van der Waals surface area contributed by atoms with Crippen LogP contribution in [0.2, 0.25) is 0 Å². The smallest absolute Gasteiger partial charge is 0.273 e. The van der Waals surface area contributed by atoms with Gasteiger partial charge in [-0.1, -0.05) is 25.1 Å². The number of hydrogen-bond donors (Lipinski definition) is 1. The quantitative estimate of drug-likeness (QED) is 0.638. The predicted octanol–water partition coefficient (Wildman–Crippen LogP) is 3.43. The number of rotatable bonds is 6. The highest BCUT2D eigenvalue weighted by molar-refractivity contribution is 5.39. The Labute approximate surface area is 111 Å². The summed E-state index contributed by atoms with van der Waals surface area (Å²) < 4.78 is 5.36. The van der Waals surface area contributed by atoms with E-state index in [1.165, 1.54) is 6.07 Å². The van der Waals surface area contributed by atoms with Gasteiger partial charge in [0.25, 0.3) is 5.69 Å². The molecule has 5 nitrogen and oxygen atoms in total. The maximum absolute atomic E-state index is 10.9. The van der Waals surface area contributed by atoms with Crippen molar-refractivity contribution in [2.45, 2.75) is 25.9 Å². The number of nitro groups is 1. The van der Waals surface area contributed by atoms with Gasteiger partial charge in [0, 0.05) is 18.2 Å². The molecule has 0 aliphatic rings. The zero-order valence-corrected chi connectivity index (χ0v) is 10.7. The fourth-order valence-corrected chi connectivity index (χ4v) is 2.01. The minimum atomic E-state index is -0.356. The van der Waals surface area contributed by atoms with Gasteiger partial charge < -0.3 is 9.73 Å². The molecule has 0 fully saturated rings. The third-order valence-electron chi connectivity index (χ3n) is 3.02. The van der Waals surface area contributed by atoms with Crippen molar-refractivity contribution in [3.8, 4) is 0 Å². The van der Waals surface area contributed by atoms with Gasteiger partial charge in [-0.05, 0) is 18.6 Å². The van der Waals surface area contributed by atoms with Crippen molar-refractivity contribution in [2.75, 3.05) is 0 Å². The van der Waals surface area contributed by atoms with E-state index in [0.717, 1.165) is 12.2 Å². The Bertz CT molecular complexity index is 537. The van der Waals surface area contributed by atoms with Crippen LogP contribution in [0.4, 0.5) is 5.69 Å².